The molecule has 2 aromatic carbocycles. The number of carbonyl (C=O) groups is 1. The van der Waals surface area contributed by atoms with Crippen molar-refractivity contribution in [2.75, 3.05) is 16.8 Å². The van der Waals surface area contributed by atoms with Crippen molar-refractivity contribution < 1.29 is 18.0 Å². The lowest BCUT2D eigenvalue weighted by Crippen LogP contribution is -2.31. The zero-order valence-electron chi connectivity index (χ0n) is 15.3. The van der Waals surface area contributed by atoms with Gasteiger partial charge in [0, 0.05) is 24.8 Å². The number of hydrogen-bond acceptors (Lipinski definition) is 4. The highest BCUT2D eigenvalue weighted by Gasteiger charge is 2.30. The molecular formula is C21H17F3N4O. The minimum absolute atomic E-state index is 0.147. The van der Waals surface area contributed by atoms with Crippen LogP contribution in [0, 0.1) is 0 Å². The highest BCUT2D eigenvalue weighted by atomic mass is 19.4. The van der Waals surface area contributed by atoms with E-state index >= 15 is 0 Å². The molecule has 2 heterocycles. The standard InChI is InChI=1S/C21H17F3N4O/c22-21(23,24)16-5-7-17(8-6-16)27-20(29)18-11-19(26-13-25-18)28-10-9-14-3-1-2-4-15(14)12-28/h1-8,11,13H,9-10,12H2,(H,27,29). The Morgan fingerprint density at radius 3 is 2.45 bits per heavy atom. The van der Waals surface area contributed by atoms with Crippen molar-refractivity contribution in [3.05, 3.63) is 83.3 Å². The Balaban J connectivity index is 1.48. The van der Waals surface area contributed by atoms with Crippen LogP contribution in [0.5, 0.6) is 0 Å². The van der Waals surface area contributed by atoms with E-state index in [1.54, 1.807) is 6.07 Å². The van der Waals surface area contributed by atoms with Crippen molar-refractivity contribution in [3.63, 3.8) is 0 Å². The van der Waals surface area contributed by atoms with E-state index in [2.05, 4.69) is 32.3 Å². The third-order valence-electron chi connectivity index (χ3n) is 4.81. The summed E-state index contributed by atoms with van der Waals surface area (Å²) in [4.78, 5) is 22.8. The smallest absolute Gasteiger partial charge is 0.352 e. The van der Waals surface area contributed by atoms with Crippen LogP contribution in [0.2, 0.25) is 0 Å². The molecular weight excluding hydrogens is 381 g/mol. The van der Waals surface area contributed by atoms with Crippen LogP contribution in [0.15, 0.2) is 60.9 Å². The van der Waals surface area contributed by atoms with Gasteiger partial charge in [-0.05, 0) is 41.8 Å². The largest absolute Gasteiger partial charge is 0.416 e. The normalized spacial score (nSPS) is 13.7. The van der Waals surface area contributed by atoms with Crippen LogP contribution < -0.4 is 10.2 Å². The maximum Gasteiger partial charge on any atom is 0.416 e. The van der Waals surface area contributed by atoms with E-state index in [0.29, 0.717) is 12.4 Å². The molecule has 0 radical (unpaired) electrons. The van der Waals surface area contributed by atoms with Crippen LogP contribution >= 0.6 is 0 Å². The Kier molecular flexibility index (Phi) is 4.92. The number of fused-ring (bicyclic) bond motifs is 1. The first-order valence-corrected chi connectivity index (χ1v) is 9.02. The van der Waals surface area contributed by atoms with Gasteiger partial charge in [0.05, 0.1) is 5.56 Å². The molecule has 5 nitrogen and oxygen atoms in total. The van der Waals surface area contributed by atoms with Gasteiger partial charge in [0.2, 0.25) is 0 Å². The quantitative estimate of drug-likeness (QED) is 0.714. The molecule has 0 aliphatic carbocycles. The molecule has 0 fully saturated rings. The van der Waals surface area contributed by atoms with E-state index in [1.807, 2.05) is 12.1 Å². The fraction of sp³-hybridized carbons (Fsp3) is 0.190. The number of halogens is 3. The summed E-state index contributed by atoms with van der Waals surface area (Å²) in [7, 11) is 0. The van der Waals surface area contributed by atoms with E-state index in [0.717, 1.165) is 25.1 Å². The highest BCUT2D eigenvalue weighted by Crippen LogP contribution is 2.30. The summed E-state index contributed by atoms with van der Waals surface area (Å²) in [5.41, 5.74) is 2.15. The summed E-state index contributed by atoms with van der Waals surface area (Å²) in [6, 6.07) is 14.0. The maximum atomic E-state index is 12.7. The van der Waals surface area contributed by atoms with E-state index < -0.39 is 17.6 Å². The second-order valence-electron chi connectivity index (χ2n) is 6.73. The fourth-order valence-electron chi connectivity index (χ4n) is 3.27. The Hall–Kier alpha value is -3.42. The summed E-state index contributed by atoms with van der Waals surface area (Å²) >= 11 is 0. The van der Waals surface area contributed by atoms with Gasteiger partial charge in [-0.3, -0.25) is 4.79 Å². The molecule has 8 heteroatoms. The first kappa shape index (κ1) is 18.9. The van der Waals surface area contributed by atoms with Gasteiger partial charge in [0.1, 0.15) is 17.8 Å². The molecule has 1 aliphatic heterocycles. The fourth-order valence-corrected chi connectivity index (χ4v) is 3.27. The van der Waals surface area contributed by atoms with Crippen LogP contribution in [0.1, 0.15) is 27.2 Å². The summed E-state index contributed by atoms with van der Waals surface area (Å²) in [5.74, 6) is 0.123. The molecule has 0 bridgehead atoms. The van der Waals surface area contributed by atoms with Crippen LogP contribution in [-0.4, -0.2) is 22.4 Å². The number of hydrogen-bond donors (Lipinski definition) is 1. The van der Waals surface area contributed by atoms with Gasteiger partial charge in [-0.2, -0.15) is 13.2 Å². The van der Waals surface area contributed by atoms with Gasteiger partial charge in [0.15, 0.2) is 0 Å². The Labute approximate surface area is 165 Å². The summed E-state index contributed by atoms with van der Waals surface area (Å²) in [5, 5.41) is 2.57. The molecule has 148 valence electrons. The third-order valence-corrected chi connectivity index (χ3v) is 4.81. The van der Waals surface area contributed by atoms with E-state index in [9.17, 15) is 18.0 Å². The van der Waals surface area contributed by atoms with E-state index in [1.165, 1.54) is 29.6 Å². The lowest BCUT2D eigenvalue weighted by Gasteiger charge is -2.29. The molecule has 1 aliphatic rings. The first-order chi connectivity index (χ1) is 13.9. The second kappa shape index (κ2) is 7.54. The number of amides is 1. The molecule has 0 spiro atoms. The van der Waals surface area contributed by atoms with Gasteiger partial charge < -0.3 is 10.2 Å². The molecule has 29 heavy (non-hydrogen) atoms. The number of rotatable bonds is 3. The number of anilines is 2. The molecule has 1 aromatic heterocycles. The number of aromatic nitrogens is 2. The van der Waals surface area contributed by atoms with Crippen molar-refractivity contribution in [1.82, 2.24) is 9.97 Å². The number of nitrogens with one attached hydrogen (secondary N) is 1. The second-order valence-corrected chi connectivity index (χ2v) is 6.73. The van der Waals surface area contributed by atoms with Crippen molar-refractivity contribution >= 4 is 17.4 Å². The lowest BCUT2D eigenvalue weighted by atomic mass is 10.00. The minimum Gasteiger partial charge on any atom is -0.352 e. The predicted octanol–water partition coefficient (Wildman–Crippen LogP) is 4.31. The third kappa shape index (κ3) is 4.21. The highest BCUT2D eigenvalue weighted by molar-refractivity contribution is 6.03. The van der Waals surface area contributed by atoms with Gasteiger partial charge in [-0.1, -0.05) is 24.3 Å². The monoisotopic (exact) mass is 398 g/mol. The van der Waals surface area contributed by atoms with E-state index in [4.69, 9.17) is 0 Å². The minimum atomic E-state index is -4.42. The number of benzene rings is 2. The zero-order chi connectivity index (χ0) is 20.4. The molecule has 1 amide bonds. The van der Waals surface area contributed by atoms with E-state index in [-0.39, 0.29) is 11.4 Å². The Morgan fingerprint density at radius 1 is 1.00 bits per heavy atom. The van der Waals surface area contributed by atoms with Gasteiger partial charge in [-0.15, -0.1) is 0 Å². The van der Waals surface area contributed by atoms with Gasteiger partial charge >= 0.3 is 6.18 Å². The first-order valence-electron chi connectivity index (χ1n) is 9.02. The maximum absolute atomic E-state index is 12.7. The number of carbonyl (C=O) groups excluding carboxylic acids is 1. The molecule has 0 saturated carbocycles. The van der Waals surface area contributed by atoms with Crippen molar-refractivity contribution in [1.29, 1.82) is 0 Å². The molecule has 0 unspecified atom stereocenters. The average molecular weight is 398 g/mol. The van der Waals surface area contributed by atoms with Crippen molar-refractivity contribution in [2.45, 2.75) is 19.1 Å². The van der Waals surface area contributed by atoms with Crippen molar-refractivity contribution in [2.24, 2.45) is 0 Å². The Morgan fingerprint density at radius 2 is 1.72 bits per heavy atom. The van der Waals surface area contributed by atoms with Gasteiger partial charge in [-0.25, -0.2) is 9.97 Å². The lowest BCUT2D eigenvalue weighted by molar-refractivity contribution is -0.137. The summed E-state index contributed by atoms with van der Waals surface area (Å²) in [6.07, 6.45) is -2.22. The molecule has 3 aromatic rings. The van der Waals surface area contributed by atoms with Crippen LogP contribution in [-0.2, 0) is 19.1 Å². The topological polar surface area (TPSA) is 58.1 Å². The molecule has 1 N–H and O–H groups in total. The van der Waals surface area contributed by atoms with Crippen LogP contribution in [0.3, 0.4) is 0 Å². The van der Waals surface area contributed by atoms with Gasteiger partial charge in [0.25, 0.3) is 5.91 Å². The predicted molar refractivity (Wildman–Crippen MR) is 103 cm³/mol. The Bertz CT molecular complexity index is 1030. The SMILES string of the molecule is O=C(Nc1ccc(C(F)(F)F)cc1)c1cc(N2CCc3ccccc3C2)ncn1. The molecule has 0 saturated heterocycles. The average Bonchev–Trinajstić information content (AvgIpc) is 2.73. The van der Waals surface area contributed by atoms with Crippen LogP contribution in [0.25, 0.3) is 0 Å². The molecule has 0 atom stereocenters. The summed E-state index contributed by atoms with van der Waals surface area (Å²) < 4.78 is 38.0. The molecule has 4 rings (SSSR count). The van der Waals surface area contributed by atoms with Crippen LogP contribution in [0.4, 0.5) is 24.7 Å². The van der Waals surface area contributed by atoms with Crippen molar-refractivity contribution in [3.8, 4) is 0 Å². The zero-order valence-corrected chi connectivity index (χ0v) is 15.3. The number of nitrogens with zero attached hydrogens (tertiary/aromatic N) is 3. The number of alkyl halides is 3. The summed E-state index contributed by atoms with van der Waals surface area (Å²) in [6.45, 7) is 1.46.